The van der Waals surface area contributed by atoms with E-state index in [4.69, 9.17) is 4.98 Å². The van der Waals surface area contributed by atoms with Crippen LogP contribution in [0.2, 0.25) is 0 Å². The zero-order chi connectivity index (χ0) is 44.8. The fraction of sp³-hybridized carbons (Fsp3) is 0.127. The molecule has 0 unspecified atom stereocenters. The Labute approximate surface area is 386 Å². The lowest BCUT2D eigenvalue weighted by molar-refractivity contribution is 0.591. The van der Waals surface area contributed by atoms with Crippen molar-refractivity contribution in [2.45, 2.75) is 52.4 Å². The second-order valence-corrected chi connectivity index (χ2v) is 21.2. The van der Waals surface area contributed by atoms with E-state index in [1.54, 1.807) is 0 Å². The number of para-hydroxylation sites is 2. The van der Waals surface area contributed by atoms with E-state index in [1.165, 1.54) is 125 Å². The Hall–Kier alpha value is -7.95. The van der Waals surface area contributed by atoms with Crippen molar-refractivity contribution in [3.05, 3.63) is 181 Å². The van der Waals surface area contributed by atoms with Crippen molar-refractivity contribution in [2.75, 3.05) is 0 Å². The van der Waals surface area contributed by atoms with Crippen LogP contribution in [0.5, 0.6) is 0 Å². The Morgan fingerprint density at radius 3 is 1.79 bits per heavy atom. The van der Waals surface area contributed by atoms with E-state index in [-0.39, 0.29) is 10.8 Å². The van der Waals surface area contributed by atoms with Gasteiger partial charge >= 0.3 is 0 Å². The monoisotopic (exact) mass is 858 g/mol. The molecule has 4 nitrogen and oxygen atoms in total. The summed E-state index contributed by atoms with van der Waals surface area (Å²) in [4.78, 5) is 6.00. The largest absolute Gasteiger partial charge is 0.309 e. The van der Waals surface area contributed by atoms with Gasteiger partial charge in [-0.25, -0.2) is 4.98 Å². The summed E-state index contributed by atoms with van der Waals surface area (Å²) in [6.07, 6.45) is 0. The van der Waals surface area contributed by atoms with Gasteiger partial charge in [-0.3, -0.25) is 4.40 Å². The van der Waals surface area contributed by atoms with Crippen LogP contribution >= 0.6 is 0 Å². The molecule has 0 saturated carbocycles. The number of nitrogens with zero attached hydrogens (tertiary/aromatic N) is 4. The third kappa shape index (κ3) is 4.79. The average Bonchev–Trinajstić information content (AvgIpc) is 4.12. The van der Waals surface area contributed by atoms with Gasteiger partial charge < -0.3 is 8.97 Å². The van der Waals surface area contributed by atoms with Gasteiger partial charge in [0.05, 0.1) is 44.1 Å². The lowest BCUT2D eigenvalue weighted by Gasteiger charge is -2.21. The van der Waals surface area contributed by atoms with Gasteiger partial charge in [0.15, 0.2) is 0 Å². The van der Waals surface area contributed by atoms with Crippen molar-refractivity contribution in [1.29, 1.82) is 0 Å². The Morgan fingerprint density at radius 2 is 1.00 bits per heavy atom. The predicted molar refractivity (Wildman–Crippen MR) is 286 cm³/mol. The van der Waals surface area contributed by atoms with E-state index in [9.17, 15) is 0 Å². The van der Waals surface area contributed by atoms with Crippen LogP contribution in [-0.2, 0) is 10.8 Å². The molecule has 15 aromatic rings. The maximum Gasteiger partial charge on any atom is 0.146 e. The number of benzene rings is 9. The normalized spacial score (nSPS) is 13.2. The molecule has 0 radical (unpaired) electrons. The number of pyridine rings is 1. The van der Waals surface area contributed by atoms with Crippen molar-refractivity contribution >= 4 is 120 Å². The molecule has 67 heavy (non-hydrogen) atoms. The Bertz CT molecular complexity index is 4620. The zero-order valence-electron chi connectivity index (χ0n) is 38.5. The molecular formula is C63H46N4. The molecule has 318 valence electrons. The highest BCUT2D eigenvalue weighted by Gasteiger charge is 2.29. The first kappa shape index (κ1) is 37.3. The first-order valence-corrected chi connectivity index (χ1v) is 23.7. The number of hydrogen-bond donors (Lipinski definition) is 0. The van der Waals surface area contributed by atoms with E-state index in [1.807, 2.05) is 0 Å². The third-order valence-electron chi connectivity index (χ3n) is 15.3. The van der Waals surface area contributed by atoms with Gasteiger partial charge in [-0.15, -0.1) is 0 Å². The highest BCUT2D eigenvalue weighted by molar-refractivity contribution is 6.34. The summed E-state index contributed by atoms with van der Waals surface area (Å²) < 4.78 is 7.51. The van der Waals surface area contributed by atoms with Crippen LogP contribution in [0.15, 0.2) is 170 Å². The maximum atomic E-state index is 6.00. The summed E-state index contributed by atoms with van der Waals surface area (Å²) in [5, 5.41) is 16.3. The van der Waals surface area contributed by atoms with Gasteiger partial charge in [0.1, 0.15) is 5.65 Å². The fourth-order valence-corrected chi connectivity index (χ4v) is 12.1. The molecular weight excluding hydrogens is 813 g/mol. The van der Waals surface area contributed by atoms with E-state index in [0.717, 1.165) is 22.4 Å². The molecule has 9 aromatic carbocycles. The molecule has 0 aliphatic heterocycles. The molecule has 0 saturated heterocycles. The quantitative estimate of drug-likeness (QED) is 0.170. The molecule has 0 bridgehead atoms. The first-order chi connectivity index (χ1) is 32.5. The molecule has 0 fully saturated rings. The topological polar surface area (TPSA) is 26.6 Å². The number of aromatic nitrogens is 4. The smallest absolute Gasteiger partial charge is 0.146 e. The SMILES string of the molecule is CC(C)(C)c1cc(-c2ccc3c(c2)c2ccccc2n3-c2ccccc2)c2c(c1)c1cc3ccccc3c3c4cc5c(nc4n2c13)c1cc(C(C)(C)C)cc2c3ccc4ccccc4c3n5c21. The van der Waals surface area contributed by atoms with E-state index in [2.05, 4.69) is 225 Å². The highest BCUT2D eigenvalue weighted by Crippen LogP contribution is 2.50. The molecule has 6 heterocycles. The highest BCUT2D eigenvalue weighted by atomic mass is 15.0. The lowest BCUT2D eigenvalue weighted by Crippen LogP contribution is -2.11. The third-order valence-corrected chi connectivity index (χ3v) is 15.3. The summed E-state index contributed by atoms with van der Waals surface area (Å²) in [7, 11) is 0. The molecule has 0 aliphatic rings. The van der Waals surface area contributed by atoms with Crippen LogP contribution in [-0.4, -0.2) is 18.4 Å². The van der Waals surface area contributed by atoms with Crippen LogP contribution < -0.4 is 0 Å². The maximum absolute atomic E-state index is 6.00. The summed E-state index contributed by atoms with van der Waals surface area (Å²) in [5.41, 5.74) is 16.7. The van der Waals surface area contributed by atoms with E-state index >= 15 is 0 Å². The lowest BCUT2D eigenvalue weighted by atomic mass is 9.84. The Kier molecular flexibility index (Phi) is 6.94. The molecule has 0 amide bonds. The van der Waals surface area contributed by atoms with Crippen molar-refractivity contribution in [2.24, 2.45) is 0 Å². The molecule has 4 heteroatoms. The second-order valence-electron chi connectivity index (χ2n) is 21.2. The van der Waals surface area contributed by atoms with Gasteiger partial charge in [0.25, 0.3) is 0 Å². The van der Waals surface area contributed by atoms with Crippen LogP contribution in [0.3, 0.4) is 0 Å². The summed E-state index contributed by atoms with van der Waals surface area (Å²) in [6, 6.07) is 64.0. The summed E-state index contributed by atoms with van der Waals surface area (Å²) >= 11 is 0. The number of hydrogen-bond acceptors (Lipinski definition) is 1. The van der Waals surface area contributed by atoms with Gasteiger partial charge in [0.2, 0.25) is 0 Å². The zero-order valence-corrected chi connectivity index (χ0v) is 38.5. The van der Waals surface area contributed by atoms with Gasteiger partial charge in [0, 0.05) is 65.1 Å². The number of fused-ring (bicyclic) bond motifs is 19. The van der Waals surface area contributed by atoms with Crippen LogP contribution in [0.25, 0.3) is 137 Å². The standard InChI is InChI=1S/C63H46N4/c1-62(2,3)38-30-45(37-25-27-53-46(28-37)43-22-14-15-23-52(43)65(53)40-18-8-7-9-19-40)58-49(32-38)47-29-36-17-11-12-20-41(36)55-50-34-54-56(64-61(50)67(58)60(47)55)51-33-39(63(4,5)6)31-48-44-26-24-35-16-10-13-21-42(35)57(44)66(54)59(48)51/h7-34H,1-6H3. The molecule has 0 spiro atoms. The van der Waals surface area contributed by atoms with E-state index in [0.29, 0.717) is 0 Å². The number of rotatable bonds is 2. The van der Waals surface area contributed by atoms with Crippen molar-refractivity contribution in [3.8, 4) is 16.8 Å². The van der Waals surface area contributed by atoms with E-state index < -0.39 is 0 Å². The van der Waals surface area contributed by atoms with Crippen LogP contribution in [0, 0.1) is 0 Å². The molecule has 0 aliphatic carbocycles. The molecule has 0 atom stereocenters. The van der Waals surface area contributed by atoms with Crippen LogP contribution in [0.1, 0.15) is 52.7 Å². The van der Waals surface area contributed by atoms with Crippen molar-refractivity contribution in [3.63, 3.8) is 0 Å². The minimum atomic E-state index is -0.0879. The summed E-state index contributed by atoms with van der Waals surface area (Å²) in [5.74, 6) is 0. The molecule has 15 rings (SSSR count). The van der Waals surface area contributed by atoms with Gasteiger partial charge in [-0.2, -0.15) is 0 Å². The van der Waals surface area contributed by atoms with Crippen molar-refractivity contribution < 1.29 is 0 Å². The first-order valence-electron chi connectivity index (χ1n) is 23.7. The van der Waals surface area contributed by atoms with Crippen LogP contribution in [0.4, 0.5) is 0 Å². The Morgan fingerprint density at radius 1 is 0.373 bits per heavy atom. The molecule has 0 N–H and O–H groups in total. The minimum absolute atomic E-state index is 0.0540. The van der Waals surface area contributed by atoms with Crippen molar-refractivity contribution in [1.82, 2.24) is 18.4 Å². The van der Waals surface area contributed by atoms with Gasteiger partial charge in [-0.05, 0) is 110 Å². The van der Waals surface area contributed by atoms with Gasteiger partial charge in [-0.1, -0.05) is 145 Å². The molecule has 6 aromatic heterocycles. The second kappa shape index (κ2) is 12.5. The average molecular weight is 859 g/mol. The minimum Gasteiger partial charge on any atom is -0.309 e. The summed E-state index contributed by atoms with van der Waals surface area (Å²) in [6.45, 7) is 14.0. The fourth-order valence-electron chi connectivity index (χ4n) is 12.1. The Balaban J connectivity index is 1.14. The predicted octanol–water partition coefficient (Wildman–Crippen LogP) is 17.0.